The van der Waals surface area contributed by atoms with Crippen molar-refractivity contribution in [3.63, 3.8) is 0 Å². The summed E-state index contributed by atoms with van der Waals surface area (Å²) >= 11 is 0. The first-order chi connectivity index (χ1) is 6.09. The summed E-state index contributed by atoms with van der Waals surface area (Å²) in [5.41, 5.74) is -0.154. The Kier molecular flexibility index (Phi) is 2.95. The topological polar surface area (TPSA) is 26.3 Å². The van der Waals surface area contributed by atoms with Crippen LogP contribution in [0.1, 0.15) is 18.9 Å². The van der Waals surface area contributed by atoms with Crippen molar-refractivity contribution < 1.29 is 18.3 Å². The van der Waals surface area contributed by atoms with Crippen LogP contribution >= 0.6 is 0 Å². The zero-order valence-electron chi connectivity index (χ0n) is 6.96. The van der Waals surface area contributed by atoms with E-state index in [0.717, 1.165) is 6.07 Å². The van der Waals surface area contributed by atoms with Crippen molar-refractivity contribution in [2.75, 3.05) is 0 Å². The number of ether oxygens (including phenoxy) is 1. The van der Waals surface area contributed by atoms with Gasteiger partial charge in [-0.15, -0.1) is 0 Å². The number of rotatable bonds is 2. The second kappa shape index (κ2) is 3.98. The summed E-state index contributed by atoms with van der Waals surface area (Å²) in [5, 5.41) is 0. The predicted octanol–water partition coefficient (Wildman–Crippen LogP) is 2.55. The highest BCUT2D eigenvalue weighted by atomic mass is 19.3. The number of halogens is 2. The van der Waals surface area contributed by atoms with E-state index in [1.54, 1.807) is 0 Å². The standard InChI is InChI=1S/C9H8F2O2/c1-6(12)13-8-4-2-3-7(5-8)9(10)11/h2-5,9H,1H3. The number of hydrogen-bond acceptors (Lipinski definition) is 2. The lowest BCUT2D eigenvalue weighted by molar-refractivity contribution is -0.131. The molecule has 0 fully saturated rings. The van der Waals surface area contributed by atoms with Gasteiger partial charge in [0.2, 0.25) is 0 Å². The quantitative estimate of drug-likeness (QED) is 0.524. The van der Waals surface area contributed by atoms with Crippen molar-refractivity contribution in [2.45, 2.75) is 13.3 Å². The Hall–Kier alpha value is -1.45. The number of alkyl halides is 2. The van der Waals surface area contributed by atoms with E-state index >= 15 is 0 Å². The fourth-order valence-corrected chi connectivity index (χ4v) is 0.880. The average Bonchev–Trinajstić information content (AvgIpc) is 2.03. The first-order valence-electron chi connectivity index (χ1n) is 3.66. The van der Waals surface area contributed by atoms with Gasteiger partial charge < -0.3 is 4.74 Å². The van der Waals surface area contributed by atoms with Crippen molar-refractivity contribution in [2.24, 2.45) is 0 Å². The van der Waals surface area contributed by atoms with Gasteiger partial charge in [-0.25, -0.2) is 8.78 Å². The molecule has 0 aliphatic heterocycles. The van der Waals surface area contributed by atoms with Gasteiger partial charge in [0.05, 0.1) is 0 Å². The minimum Gasteiger partial charge on any atom is -0.427 e. The fraction of sp³-hybridized carbons (Fsp3) is 0.222. The summed E-state index contributed by atoms with van der Waals surface area (Å²) in [7, 11) is 0. The lowest BCUT2D eigenvalue weighted by Crippen LogP contribution is -2.01. The molecule has 0 radical (unpaired) electrons. The van der Waals surface area contributed by atoms with E-state index in [-0.39, 0.29) is 11.3 Å². The van der Waals surface area contributed by atoms with Gasteiger partial charge in [-0.2, -0.15) is 0 Å². The lowest BCUT2D eigenvalue weighted by atomic mass is 10.2. The van der Waals surface area contributed by atoms with Gasteiger partial charge in [0.1, 0.15) is 5.75 Å². The third kappa shape index (κ3) is 2.82. The molecule has 0 heterocycles. The molecule has 1 aromatic rings. The molecule has 13 heavy (non-hydrogen) atoms. The first-order valence-corrected chi connectivity index (χ1v) is 3.66. The molecule has 70 valence electrons. The fourth-order valence-electron chi connectivity index (χ4n) is 0.880. The molecule has 0 atom stereocenters. The van der Waals surface area contributed by atoms with Gasteiger partial charge in [0, 0.05) is 12.5 Å². The summed E-state index contributed by atoms with van der Waals surface area (Å²) in [6.45, 7) is 1.22. The Balaban J connectivity index is 2.85. The van der Waals surface area contributed by atoms with E-state index < -0.39 is 12.4 Å². The summed E-state index contributed by atoms with van der Waals surface area (Å²) in [6, 6.07) is 5.29. The molecule has 0 unspecified atom stereocenters. The van der Waals surface area contributed by atoms with Gasteiger partial charge in [0.15, 0.2) is 0 Å². The highest BCUT2D eigenvalue weighted by Crippen LogP contribution is 2.22. The van der Waals surface area contributed by atoms with E-state index in [2.05, 4.69) is 4.74 Å². The van der Waals surface area contributed by atoms with E-state index in [0.29, 0.717) is 0 Å². The van der Waals surface area contributed by atoms with Gasteiger partial charge >= 0.3 is 5.97 Å². The van der Waals surface area contributed by atoms with Crippen LogP contribution in [0.25, 0.3) is 0 Å². The lowest BCUT2D eigenvalue weighted by Gasteiger charge is -2.03. The van der Waals surface area contributed by atoms with E-state index in [4.69, 9.17) is 0 Å². The molecule has 4 heteroatoms. The van der Waals surface area contributed by atoms with Crippen LogP contribution in [0.2, 0.25) is 0 Å². The minimum absolute atomic E-state index is 0.144. The maximum atomic E-state index is 12.1. The smallest absolute Gasteiger partial charge is 0.308 e. The molecule has 2 nitrogen and oxygen atoms in total. The molecule has 0 bridgehead atoms. The molecule has 0 N–H and O–H groups in total. The normalized spacial score (nSPS) is 10.2. The second-order valence-electron chi connectivity index (χ2n) is 2.47. The molecule has 0 aliphatic carbocycles. The van der Waals surface area contributed by atoms with E-state index in [1.807, 2.05) is 0 Å². The van der Waals surface area contributed by atoms with E-state index in [1.165, 1.54) is 25.1 Å². The van der Waals surface area contributed by atoms with Crippen LogP contribution in [0.15, 0.2) is 24.3 Å². The maximum absolute atomic E-state index is 12.1. The average molecular weight is 186 g/mol. The van der Waals surface area contributed by atoms with Crippen LogP contribution in [-0.4, -0.2) is 5.97 Å². The van der Waals surface area contributed by atoms with Gasteiger partial charge in [0.25, 0.3) is 6.43 Å². The highest BCUT2D eigenvalue weighted by Gasteiger charge is 2.07. The molecule has 0 aromatic heterocycles. The summed E-state index contributed by atoms with van der Waals surface area (Å²) in [4.78, 5) is 10.5. The van der Waals surface area contributed by atoms with Crippen molar-refractivity contribution in [1.82, 2.24) is 0 Å². The molecule has 0 aliphatic rings. The first kappa shape index (κ1) is 9.64. The van der Waals surface area contributed by atoms with Crippen molar-refractivity contribution >= 4 is 5.97 Å². The van der Waals surface area contributed by atoms with Crippen molar-refractivity contribution in [3.05, 3.63) is 29.8 Å². The monoisotopic (exact) mass is 186 g/mol. The minimum atomic E-state index is -2.55. The van der Waals surface area contributed by atoms with Crippen LogP contribution in [0.3, 0.4) is 0 Å². The molecular weight excluding hydrogens is 178 g/mol. The van der Waals surface area contributed by atoms with Gasteiger partial charge in [-0.05, 0) is 12.1 Å². The molecular formula is C9H8F2O2. The van der Waals surface area contributed by atoms with Gasteiger partial charge in [-0.1, -0.05) is 12.1 Å². The summed E-state index contributed by atoms with van der Waals surface area (Å²) < 4.78 is 28.9. The predicted molar refractivity (Wildman–Crippen MR) is 42.7 cm³/mol. The molecule has 0 amide bonds. The molecule has 1 rings (SSSR count). The number of benzene rings is 1. The zero-order valence-corrected chi connectivity index (χ0v) is 6.96. The highest BCUT2D eigenvalue weighted by molar-refractivity contribution is 5.69. The van der Waals surface area contributed by atoms with Crippen LogP contribution in [-0.2, 0) is 4.79 Å². The van der Waals surface area contributed by atoms with E-state index in [9.17, 15) is 13.6 Å². The van der Waals surface area contributed by atoms with Crippen molar-refractivity contribution in [1.29, 1.82) is 0 Å². The summed E-state index contributed by atoms with van der Waals surface area (Å²) in [6.07, 6.45) is -2.55. The Morgan fingerprint density at radius 2 is 2.15 bits per heavy atom. The SMILES string of the molecule is CC(=O)Oc1cccc(C(F)F)c1. The van der Waals surface area contributed by atoms with Crippen LogP contribution < -0.4 is 4.74 Å². The molecule has 0 saturated carbocycles. The Morgan fingerprint density at radius 1 is 1.46 bits per heavy atom. The Bertz CT molecular complexity index is 310. The Morgan fingerprint density at radius 3 is 2.69 bits per heavy atom. The third-order valence-corrected chi connectivity index (χ3v) is 1.37. The second-order valence-corrected chi connectivity index (χ2v) is 2.47. The summed E-state index contributed by atoms with van der Waals surface area (Å²) in [5.74, 6) is -0.378. The Labute approximate surface area is 74.1 Å². The zero-order chi connectivity index (χ0) is 9.84. The molecule has 0 saturated heterocycles. The number of hydrogen-bond donors (Lipinski definition) is 0. The molecule has 0 spiro atoms. The molecule has 1 aromatic carbocycles. The maximum Gasteiger partial charge on any atom is 0.308 e. The van der Waals surface area contributed by atoms with Crippen LogP contribution in [0, 0.1) is 0 Å². The third-order valence-electron chi connectivity index (χ3n) is 1.37. The van der Waals surface area contributed by atoms with Crippen LogP contribution in [0.4, 0.5) is 8.78 Å². The largest absolute Gasteiger partial charge is 0.427 e. The number of carbonyl (C=O) groups excluding carboxylic acids is 1. The van der Waals surface area contributed by atoms with Crippen molar-refractivity contribution in [3.8, 4) is 5.75 Å². The number of carbonyl (C=O) groups is 1. The van der Waals surface area contributed by atoms with Crippen LogP contribution in [0.5, 0.6) is 5.75 Å². The number of esters is 1. The van der Waals surface area contributed by atoms with Gasteiger partial charge in [-0.3, -0.25) is 4.79 Å².